The van der Waals surface area contributed by atoms with E-state index in [9.17, 15) is 12.8 Å². The SMILES string of the molecule is CCCS(=O)(=O)N1CCC(C2CCN(Cc3ccccc3F)CC2)CC1. The second kappa shape index (κ2) is 8.81. The van der Waals surface area contributed by atoms with Gasteiger partial charge in [-0.1, -0.05) is 25.1 Å². The van der Waals surface area contributed by atoms with Crippen LogP contribution in [0.15, 0.2) is 24.3 Å². The van der Waals surface area contributed by atoms with Crippen LogP contribution in [0, 0.1) is 17.7 Å². The molecule has 0 bridgehead atoms. The molecule has 3 rings (SSSR count). The van der Waals surface area contributed by atoms with E-state index in [1.807, 2.05) is 19.1 Å². The minimum Gasteiger partial charge on any atom is -0.299 e. The number of halogens is 1. The van der Waals surface area contributed by atoms with Crippen LogP contribution in [0.5, 0.6) is 0 Å². The Bertz CT molecular complexity index is 679. The Balaban J connectivity index is 1.45. The first-order chi connectivity index (χ1) is 12.5. The van der Waals surface area contributed by atoms with E-state index in [1.165, 1.54) is 6.07 Å². The predicted molar refractivity (Wildman–Crippen MR) is 103 cm³/mol. The van der Waals surface area contributed by atoms with Crippen molar-refractivity contribution in [3.05, 3.63) is 35.6 Å². The van der Waals surface area contributed by atoms with Gasteiger partial charge in [0.05, 0.1) is 5.75 Å². The Morgan fingerprint density at radius 3 is 2.15 bits per heavy atom. The summed E-state index contributed by atoms with van der Waals surface area (Å²) in [5.41, 5.74) is 0.778. The molecule has 6 heteroatoms. The molecule has 0 N–H and O–H groups in total. The third-order valence-corrected chi connectivity index (χ3v) is 8.08. The molecule has 0 unspecified atom stereocenters. The molecular weight excluding hydrogens is 351 g/mol. The van der Waals surface area contributed by atoms with Crippen LogP contribution in [-0.2, 0) is 16.6 Å². The first-order valence-corrected chi connectivity index (χ1v) is 11.5. The van der Waals surface area contributed by atoms with E-state index in [0.29, 0.717) is 37.9 Å². The van der Waals surface area contributed by atoms with Crippen LogP contribution in [0.2, 0.25) is 0 Å². The van der Waals surface area contributed by atoms with Crippen molar-refractivity contribution in [2.45, 2.75) is 45.6 Å². The highest BCUT2D eigenvalue weighted by atomic mass is 32.2. The molecule has 2 fully saturated rings. The molecule has 0 saturated carbocycles. The first-order valence-electron chi connectivity index (χ1n) is 9.93. The molecule has 0 radical (unpaired) electrons. The molecule has 2 saturated heterocycles. The molecule has 0 spiro atoms. The minimum atomic E-state index is -3.05. The van der Waals surface area contributed by atoms with Crippen molar-refractivity contribution < 1.29 is 12.8 Å². The fraction of sp³-hybridized carbons (Fsp3) is 0.700. The molecule has 0 aliphatic carbocycles. The van der Waals surface area contributed by atoms with Crippen molar-refractivity contribution in [3.63, 3.8) is 0 Å². The molecule has 26 heavy (non-hydrogen) atoms. The van der Waals surface area contributed by atoms with Gasteiger partial charge in [0, 0.05) is 25.2 Å². The maximum absolute atomic E-state index is 13.8. The molecule has 146 valence electrons. The summed E-state index contributed by atoms with van der Waals surface area (Å²) in [7, 11) is -3.05. The lowest BCUT2D eigenvalue weighted by atomic mass is 9.79. The van der Waals surface area contributed by atoms with Crippen LogP contribution in [0.4, 0.5) is 4.39 Å². The first kappa shape index (κ1) is 19.8. The normalized spacial score (nSPS) is 21.9. The van der Waals surface area contributed by atoms with E-state index < -0.39 is 10.0 Å². The zero-order valence-corrected chi connectivity index (χ0v) is 16.6. The number of hydrogen-bond donors (Lipinski definition) is 0. The van der Waals surface area contributed by atoms with Gasteiger partial charge in [0.15, 0.2) is 0 Å². The average molecular weight is 383 g/mol. The van der Waals surface area contributed by atoms with Crippen LogP contribution in [0.25, 0.3) is 0 Å². The second-order valence-corrected chi connectivity index (χ2v) is 9.85. The zero-order valence-electron chi connectivity index (χ0n) is 15.7. The Labute approximate surface area is 157 Å². The molecular formula is C20H31FN2O2S. The number of hydrogen-bond acceptors (Lipinski definition) is 3. The highest BCUT2D eigenvalue weighted by Crippen LogP contribution is 2.33. The van der Waals surface area contributed by atoms with Crippen molar-refractivity contribution in [2.24, 2.45) is 11.8 Å². The zero-order chi connectivity index (χ0) is 18.6. The van der Waals surface area contributed by atoms with Gasteiger partial charge in [0.25, 0.3) is 0 Å². The summed E-state index contributed by atoms with van der Waals surface area (Å²) in [5, 5.41) is 0. The van der Waals surface area contributed by atoms with E-state index in [2.05, 4.69) is 4.90 Å². The van der Waals surface area contributed by atoms with Crippen molar-refractivity contribution in [2.75, 3.05) is 31.9 Å². The Morgan fingerprint density at radius 2 is 1.58 bits per heavy atom. The van der Waals surface area contributed by atoms with E-state index in [4.69, 9.17) is 0 Å². The van der Waals surface area contributed by atoms with Crippen LogP contribution < -0.4 is 0 Å². The van der Waals surface area contributed by atoms with Gasteiger partial charge in [0.2, 0.25) is 10.0 Å². The van der Waals surface area contributed by atoms with Crippen LogP contribution >= 0.6 is 0 Å². The lowest BCUT2D eigenvalue weighted by molar-refractivity contribution is 0.113. The van der Waals surface area contributed by atoms with Gasteiger partial charge in [-0.15, -0.1) is 0 Å². The Morgan fingerprint density at radius 1 is 1.00 bits per heavy atom. The van der Waals surface area contributed by atoms with E-state index in [0.717, 1.165) is 44.3 Å². The number of likely N-dealkylation sites (tertiary alicyclic amines) is 1. The van der Waals surface area contributed by atoms with Crippen molar-refractivity contribution in [1.82, 2.24) is 9.21 Å². The minimum absolute atomic E-state index is 0.115. The quantitative estimate of drug-likeness (QED) is 0.756. The number of sulfonamides is 1. The molecule has 4 nitrogen and oxygen atoms in total. The summed E-state index contributed by atoms with van der Waals surface area (Å²) in [6.45, 7) is 5.98. The van der Waals surface area contributed by atoms with Gasteiger partial charge in [0.1, 0.15) is 5.82 Å². The second-order valence-electron chi connectivity index (χ2n) is 7.76. The molecule has 0 atom stereocenters. The fourth-order valence-corrected chi connectivity index (χ4v) is 6.00. The van der Waals surface area contributed by atoms with Crippen LogP contribution in [0.1, 0.15) is 44.6 Å². The Hall–Kier alpha value is -0.980. The molecule has 0 amide bonds. The smallest absolute Gasteiger partial charge is 0.214 e. The van der Waals surface area contributed by atoms with Gasteiger partial charge in [-0.2, -0.15) is 0 Å². The maximum atomic E-state index is 13.8. The Kier molecular flexibility index (Phi) is 6.70. The summed E-state index contributed by atoms with van der Waals surface area (Å²) < 4.78 is 39.9. The van der Waals surface area contributed by atoms with Gasteiger partial charge in [-0.05, 0) is 63.1 Å². The highest BCUT2D eigenvalue weighted by Gasteiger charge is 2.32. The predicted octanol–water partition coefficient (Wildman–Crippen LogP) is 3.49. The maximum Gasteiger partial charge on any atom is 0.214 e. The van der Waals surface area contributed by atoms with Crippen molar-refractivity contribution in [1.29, 1.82) is 0 Å². The number of rotatable bonds is 6. The third-order valence-electron chi connectivity index (χ3n) is 6.00. The standard InChI is InChI=1S/C20H31FN2O2S/c1-2-15-26(24,25)23-13-9-18(10-14-23)17-7-11-22(12-8-17)16-19-5-3-4-6-20(19)21/h3-6,17-18H,2,7-16H2,1H3. The van der Waals surface area contributed by atoms with Gasteiger partial charge < -0.3 is 0 Å². The van der Waals surface area contributed by atoms with Gasteiger partial charge in [-0.25, -0.2) is 17.1 Å². The van der Waals surface area contributed by atoms with Crippen molar-refractivity contribution in [3.8, 4) is 0 Å². The molecule has 0 aromatic heterocycles. The number of benzene rings is 1. The number of piperidine rings is 2. The molecule has 1 aromatic carbocycles. The van der Waals surface area contributed by atoms with Gasteiger partial charge >= 0.3 is 0 Å². The van der Waals surface area contributed by atoms with Crippen LogP contribution in [0.3, 0.4) is 0 Å². The molecule has 2 heterocycles. The molecule has 2 aliphatic rings. The number of nitrogens with zero attached hydrogens (tertiary/aromatic N) is 2. The third kappa shape index (κ3) is 4.84. The summed E-state index contributed by atoms with van der Waals surface area (Å²) in [6.07, 6.45) is 4.94. The summed E-state index contributed by atoms with van der Waals surface area (Å²) in [5.74, 6) is 1.48. The molecule has 2 aliphatic heterocycles. The lowest BCUT2D eigenvalue weighted by Gasteiger charge is -2.39. The van der Waals surface area contributed by atoms with E-state index >= 15 is 0 Å². The summed E-state index contributed by atoms with van der Waals surface area (Å²) >= 11 is 0. The van der Waals surface area contributed by atoms with Crippen molar-refractivity contribution >= 4 is 10.0 Å². The highest BCUT2D eigenvalue weighted by molar-refractivity contribution is 7.89. The average Bonchev–Trinajstić information content (AvgIpc) is 2.64. The summed E-state index contributed by atoms with van der Waals surface area (Å²) in [4.78, 5) is 2.34. The van der Waals surface area contributed by atoms with Crippen LogP contribution in [-0.4, -0.2) is 49.6 Å². The summed E-state index contributed by atoms with van der Waals surface area (Å²) in [6, 6.07) is 7.03. The largest absolute Gasteiger partial charge is 0.299 e. The molecule has 1 aromatic rings. The topological polar surface area (TPSA) is 40.6 Å². The van der Waals surface area contributed by atoms with E-state index in [1.54, 1.807) is 10.4 Å². The van der Waals surface area contributed by atoms with Gasteiger partial charge in [-0.3, -0.25) is 4.90 Å². The van der Waals surface area contributed by atoms with E-state index in [-0.39, 0.29) is 11.6 Å². The lowest BCUT2D eigenvalue weighted by Crippen LogP contribution is -2.43. The fourth-order valence-electron chi connectivity index (χ4n) is 4.46. The monoisotopic (exact) mass is 382 g/mol.